The zero-order valence-electron chi connectivity index (χ0n) is 10.3. The van der Waals surface area contributed by atoms with Gasteiger partial charge in [0.25, 0.3) is 0 Å². The molecule has 0 aliphatic carbocycles. The van der Waals surface area contributed by atoms with Crippen LogP contribution in [0.5, 0.6) is 0 Å². The fraction of sp³-hybridized carbons (Fsp3) is 0.417. The Morgan fingerprint density at radius 1 is 1.33 bits per heavy atom. The first kappa shape index (κ1) is 12.9. The molecule has 0 saturated carbocycles. The Balaban J connectivity index is 2.30. The van der Waals surface area contributed by atoms with Crippen LogP contribution in [0.3, 0.4) is 0 Å². The van der Waals surface area contributed by atoms with Crippen molar-refractivity contribution in [1.82, 2.24) is 9.97 Å². The smallest absolute Gasteiger partial charge is 0.226 e. The van der Waals surface area contributed by atoms with E-state index in [0.717, 1.165) is 12.8 Å². The average molecular weight is 267 g/mol. The lowest BCUT2D eigenvalue weighted by Gasteiger charge is -1.99. The number of sulfone groups is 1. The molecule has 0 unspecified atom stereocenters. The number of unbranched alkanes of at least 4 members (excludes halogenated alkanes) is 2. The van der Waals surface area contributed by atoms with Crippen LogP contribution in [0.4, 0.5) is 5.69 Å². The first-order chi connectivity index (χ1) is 8.53. The summed E-state index contributed by atoms with van der Waals surface area (Å²) in [5.41, 5.74) is 7.51. The lowest BCUT2D eigenvalue weighted by Crippen LogP contribution is -2.08. The standard InChI is InChI=1S/C12H17N3O2S/c1-2-3-4-7-18(16,17)12-14-10-6-5-9(13)8-11(10)15-12/h5-6,8H,2-4,7,13H2,1H3,(H,14,15). The van der Waals surface area contributed by atoms with Gasteiger partial charge in [0, 0.05) is 5.69 Å². The number of nitrogens with one attached hydrogen (secondary N) is 1. The number of anilines is 1. The van der Waals surface area contributed by atoms with E-state index in [1.807, 2.05) is 6.92 Å². The van der Waals surface area contributed by atoms with E-state index in [1.54, 1.807) is 18.2 Å². The molecule has 0 fully saturated rings. The Morgan fingerprint density at radius 2 is 2.11 bits per heavy atom. The normalized spacial score (nSPS) is 12.1. The summed E-state index contributed by atoms with van der Waals surface area (Å²) in [5.74, 6) is 0.135. The van der Waals surface area contributed by atoms with E-state index in [2.05, 4.69) is 9.97 Å². The van der Waals surface area contributed by atoms with Gasteiger partial charge in [-0.3, -0.25) is 0 Å². The summed E-state index contributed by atoms with van der Waals surface area (Å²) >= 11 is 0. The molecule has 2 rings (SSSR count). The Bertz CT molecular complexity index is 646. The van der Waals surface area contributed by atoms with Gasteiger partial charge in [0.1, 0.15) is 0 Å². The van der Waals surface area contributed by atoms with Crippen molar-refractivity contribution >= 4 is 26.6 Å². The highest BCUT2D eigenvalue weighted by molar-refractivity contribution is 7.91. The fourth-order valence-electron chi connectivity index (χ4n) is 1.79. The molecule has 0 aliphatic rings. The van der Waals surface area contributed by atoms with Crippen LogP contribution in [0.15, 0.2) is 23.4 Å². The van der Waals surface area contributed by atoms with Gasteiger partial charge in [-0.25, -0.2) is 13.4 Å². The second-order valence-corrected chi connectivity index (χ2v) is 6.37. The second kappa shape index (κ2) is 4.97. The van der Waals surface area contributed by atoms with Crippen LogP contribution in [-0.4, -0.2) is 24.1 Å². The highest BCUT2D eigenvalue weighted by Gasteiger charge is 2.18. The van der Waals surface area contributed by atoms with Gasteiger partial charge in [0.2, 0.25) is 15.0 Å². The van der Waals surface area contributed by atoms with Gasteiger partial charge in [-0.05, 0) is 24.6 Å². The molecule has 3 N–H and O–H groups in total. The van der Waals surface area contributed by atoms with Crippen molar-refractivity contribution in [2.75, 3.05) is 11.5 Å². The number of aromatic amines is 1. The van der Waals surface area contributed by atoms with E-state index in [-0.39, 0.29) is 10.9 Å². The molecule has 0 bridgehead atoms. The molecule has 98 valence electrons. The topological polar surface area (TPSA) is 88.8 Å². The number of nitrogens with two attached hydrogens (primary N) is 1. The minimum Gasteiger partial charge on any atom is -0.399 e. The van der Waals surface area contributed by atoms with Gasteiger partial charge in [-0.15, -0.1) is 0 Å². The number of fused-ring (bicyclic) bond motifs is 1. The molecule has 0 atom stereocenters. The van der Waals surface area contributed by atoms with Gasteiger partial charge in [0.15, 0.2) is 0 Å². The van der Waals surface area contributed by atoms with Gasteiger partial charge in [-0.1, -0.05) is 19.8 Å². The number of H-pyrrole nitrogens is 1. The summed E-state index contributed by atoms with van der Waals surface area (Å²) in [7, 11) is -3.31. The van der Waals surface area contributed by atoms with E-state index in [4.69, 9.17) is 5.73 Å². The molecule has 0 amide bonds. The molecule has 5 nitrogen and oxygen atoms in total. The van der Waals surface area contributed by atoms with Crippen molar-refractivity contribution < 1.29 is 8.42 Å². The molecular formula is C12H17N3O2S. The number of hydrogen-bond acceptors (Lipinski definition) is 4. The maximum Gasteiger partial charge on any atom is 0.226 e. The Morgan fingerprint density at radius 3 is 2.83 bits per heavy atom. The van der Waals surface area contributed by atoms with E-state index >= 15 is 0 Å². The molecule has 2 aromatic rings. The van der Waals surface area contributed by atoms with Crippen LogP contribution in [0.1, 0.15) is 26.2 Å². The van der Waals surface area contributed by atoms with Crippen LogP contribution < -0.4 is 5.73 Å². The summed E-state index contributed by atoms with van der Waals surface area (Å²) in [6.07, 6.45) is 2.57. The average Bonchev–Trinajstić information content (AvgIpc) is 2.72. The largest absolute Gasteiger partial charge is 0.399 e. The van der Waals surface area contributed by atoms with Gasteiger partial charge in [-0.2, -0.15) is 0 Å². The Labute approximate surface area is 106 Å². The maximum absolute atomic E-state index is 12.0. The molecule has 1 aromatic carbocycles. The predicted molar refractivity (Wildman–Crippen MR) is 72.1 cm³/mol. The molecule has 0 saturated heterocycles. The minimum atomic E-state index is -3.31. The van der Waals surface area contributed by atoms with Crippen LogP contribution in [0.25, 0.3) is 11.0 Å². The summed E-state index contributed by atoms with van der Waals surface area (Å²) < 4.78 is 24.1. The van der Waals surface area contributed by atoms with E-state index in [0.29, 0.717) is 23.1 Å². The van der Waals surface area contributed by atoms with Gasteiger partial charge >= 0.3 is 0 Å². The molecular weight excluding hydrogens is 250 g/mol. The molecule has 18 heavy (non-hydrogen) atoms. The number of hydrogen-bond donors (Lipinski definition) is 2. The quantitative estimate of drug-likeness (QED) is 0.641. The molecule has 1 heterocycles. The highest BCUT2D eigenvalue weighted by Crippen LogP contribution is 2.18. The molecule has 1 aromatic heterocycles. The monoisotopic (exact) mass is 267 g/mol. The molecule has 0 spiro atoms. The van der Waals surface area contributed by atoms with Crippen molar-refractivity contribution in [2.24, 2.45) is 0 Å². The lowest BCUT2D eigenvalue weighted by atomic mass is 10.3. The van der Waals surface area contributed by atoms with Crippen LogP contribution in [0.2, 0.25) is 0 Å². The predicted octanol–water partition coefficient (Wildman–Crippen LogP) is 2.11. The number of aromatic nitrogens is 2. The van der Waals surface area contributed by atoms with Crippen LogP contribution >= 0.6 is 0 Å². The number of rotatable bonds is 5. The third-order valence-electron chi connectivity index (χ3n) is 2.80. The minimum absolute atomic E-state index is 0.0409. The molecule has 0 aliphatic heterocycles. The van der Waals surface area contributed by atoms with Crippen molar-refractivity contribution in [2.45, 2.75) is 31.3 Å². The highest BCUT2D eigenvalue weighted by atomic mass is 32.2. The van der Waals surface area contributed by atoms with Crippen LogP contribution in [0, 0.1) is 0 Å². The number of benzene rings is 1. The molecule has 0 radical (unpaired) electrons. The summed E-state index contributed by atoms with van der Waals surface area (Å²) in [6, 6.07) is 5.11. The lowest BCUT2D eigenvalue weighted by molar-refractivity contribution is 0.584. The zero-order chi connectivity index (χ0) is 13.2. The van der Waals surface area contributed by atoms with Crippen molar-refractivity contribution in [1.29, 1.82) is 0 Å². The van der Waals surface area contributed by atoms with E-state index < -0.39 is 9.84 Å². The third-order valence-corrected chi connectivity index (χ3v) is 4.40. The SMILES string of the molecule is CCCCCS(=O)(=O)c1nc2ccc(N)cc2[nH]1. The van der Waals surface area contributed by atoms with Gasteiger partial charge in [0.05, 0.1) is 16.8 Å². The van der Waals surface area contributed by atoms with Gasteiger partial charge < -0.3 is 10.7 Å². The molecule has 6 heteroatoms. The summed E-state index contributed by atoms with van der Waals surface area (Å²) in [4.78, 5) is 6.93. The second-order valence-electron chi connectivity index (χ2n) is 4.34. The zero-order valence-corrected chi connectivity index (χ0v) is 11.1. The number of nitrogens with zero attached hydrogens (tertiary/aromatic N) is 1. The third kappa shape index (κ3) is 2.64. The number of imidazole rings is 1. The van der Waals surface area contributed by atoms with Crippen molar-refractivity contribution in [3.05, 3.63) is 18.2 Å². The summed E-state index contributed by atoms with van der Waals surface area (Å²) in [6.45, 7) is 2.04. The fourth-order valence-corrected chi connectivity index (χ4v) is 3.07. The van der Waals surface area contributed by atoms with Crippen molar-refractivity contribution in [3.8, 4) is 0 Å². The van der Waals surface area contributed by atoms with E-state index in [1.165, 1.54) is 0 Å². The Hall–Kier alpha value is -1.56. The first-order valence-corrected chi connectivity index (χ1v) is 7.66. The first-order valence-electron chi connectivity index (χ1n) is 6.01. The number of nitrogen functional groups attached to an aromatic ring is 1. The van der Waals surface area contributed by atoms with E-state index in [9.17, 15) is 8.42 Å². The summed E-state index contributed by atoms with van der Waals surface area (Å²) in [5, 5.41) is 0.0409. The van der Waals surface area contributed by atoms with Crippen LogP contribution in [-0.2, 0) is 9.84 Å². The van der Waals surface area contributed by atoms with Crippen molar-refractivity contribution in [3.63, 3.8) is 0 Å². The maximum atomic E-state index is 12.0. The Kier molecular flexibility index (Phi) is 3.56.